The summed E-state index contributed by atoms with van der Waals surface area (Å²) in [5.74, 6) is 1.84. The Morgan fingerprint density at radius 3 is 1.71 bits per heavy atom. The van der Waals surface area contributed by atoms with Gasteiger partial charge in [-0.1, -0.05) is 115 Å². The molecular formula is C48H33N5O2. The van der Waals surface area contributed by atoms with Crippen LogP contribution in [-0.4, -0.2) is 36.9 Å². The molecule has 2 heterocycles. The van der Waals surface area contributed by atoms with Crippen molar-refractivity contribution in [2.75, 3.05) is 0 Å². The summed E-state index contributed by atoms with van der Waals surface area (Å²) in [6.45, 7) is 5.75. The molecule has 0 saturated carbocycles. The second-order valence-electron chi connectivity index (χ2n) is 13.2. The first-order valence-corrected chi connectivity index (χ1v) is 17.9. The van der Waals surface area contributed by atoms with Crippen molar-refractivity contribution in [3.05, 3.63) is 157 Å². The number of rotatable bonds is 7. The lowest BCUT2D eigenvalue weighted by Gasteiger charge is -2.21. The first-order chi connectivity index (χ1) is 27.0. The van der Waals surface area contributed by atoms with Crippen LogP contribution in [0, 0.1) is 0 Å². The second kappa shape index (κ2) is 13.8. The van der Waals surface area contributed by atoms with Gasteiger partial charge in [0.2, 0.25) is 0 Å². The zero-order valence-electron chi connectivity index (χ0n) is 29.8. The first-order valence-electron chi connectivity index (χ1n) is 17.9. The molecule has 9 rings (SSSR count). The number of phenols is 2. The molecular weight excluding hydrogens is 679 g/mol. The van der Waals surface area contributed by atoms with E-state index in [4.69, 9.17) is 15.0 Å². The maximum atomic E-state index is 10.9. The second-order valence-corrected chi connectivity index (χ2v) is 13.2. The van der Waals surface area contributed by atoms with Gasteiger partial charge in [-0.15, -0.1) is 0 Å². The summed E-state index contributed by atoms with van der Waals surface area (Å²) in [7, 11) is 0. The van der Waals surface area contributed by atoms with Gasteiger partial charge in [-0.05, 0) is 93.8 Å². The number of hydrogen-bond acceptors (Lipinski definition) is 7. The van der Waals surface area contributed by atoms with Crippen LogP contribution >= 0.6 is 0 Å². The van der Waals surface area contributed by atoms with Crippen LogP contribution in [0.25, 0.3) is 94.9 Å². The van der Waals surface area contributed by atoms with E-state index in [-0.39, 0.29) is 11.5 Å². The molecule has 0 bridgehead atoms. The van der Waals surface area contributed by atoms with E-state index in [2.05, 4.69) is 47.0 Å². The molecule has 0 aliphatic rings. The number of benzene rings is 7. The van der Waals surface area contributed by atoms with Gasteiger partial charge in [-0.2, -0.15) is 0 Å². The molecule has 0 spiro atoms. The number of nitrogens with zero attached hydrogens (tertiary/aromatic N) is 5. The van der Waals surface area contributed by atoms with E-state index in [1.165, 1.54) is 0 Å². The molecule has 0 aliphatic carbocycles. The molecule has 262 valence electrons. The average molecular weight is 712 g/mol. The minimum absolute atomic E-state index is 0.0490. The lowest BCUT2D eigenvalue weighted by Crippen LogP contribution is -2.00. The van der Waals surface area contributed by atoms with Crippen molar-refractivity contribution >= 4 is 50.9 Å². The highest BCUT2D eigenvalue weighted by molar-refractivity contribution is 6.24. The van der Waals surface area contributed by atoms with Crippen molar-refractivity contribution in [2.45, 2.75) is 6.92 Å². The third kappa shape index (κ3) is 5.75. The number of phenolic OH excluding ortho intramolecular Hbond substituents is 2. The number of aromatic hydroxyl groups is 2. The molecule has 0 aliphatic heterocycles. The highest BCUT2D eigenvalue weighted by Gasteiger charge is 2.23. The van der Waals surface area contributed by atoms with Gasteiger partial charge in [-0.3, -0.25) is 9.98 Å². The summed E-state index contributed by atoms with van der Waals surface area (Å²) in [6, 6.07) is 45.7. The number of allylic oxidation sites excluding steroid dienone is 1. The SMILES string of the molecule is C=Nc1c(O)ccc(-c2c3ccccc3c(-c3ccc(O)c4ncccc34)c3ccc(-c4nc(-c5ccccc5)nc(-c5ccccc5)n4)cc23)c1/C=C\C. The van der Waals surface area contributed by atoms with Crippen molar-refractivity contribution in [1.29, 1.82) is 0 Å². The third-order valence-corrected chi connectivity index (χ3v) is 9.96. The summed E-state index contributed by atoms with van der Waals surface area (Å²) in [5, 5.41) is 26.6. The summed E-state index contributed by atoms with van der Waals surface area (Å²) < 4.78 is 0. The fraction of sp³-hybridized carbons (Fsp3) is 0.0208. The maximum absolute atomic E-state index is 10.9. The summed E-state index contributed by atoms with van der Waals surface area (Å²) in [6.07, 6.45) is 5.59. The smallest absolute Gasteiger partial charge is 0.164 e. The monoisotopic (exact) mass is 711 g/mol. The Balaban J connectivity index is 1.42. The number of pyridine rings is 1. The van der Waals surface area contributed by atoms with Crippen LogP contribution in [0.5, 0.6) is 11.5 Å². The van der Waals surface area contributed by atoms with E-state index in [9.17, 15) is 10.2 Å². The van der Waals surface area contributed by atoms with Gasteiger partial charge in [0.1, 0.15) is 22.7 Å². The topological polar surface area (TPSA) is 104 Å². The lowest BCUT2D eigenvalue weighted by molar-refractivity contribution is 0.477. The standard InChI is InChI=1S/C48H33N5O2/c1-3-13-37-34(23-25-40(54)44(37)49-2)43-33-19-11-10-18-32(33)42(35-24-26-41(55)45-38(35)20-12-27-50-45)36-22-21-31(28-39(36)43)48-52-46(29-14-6-4-7-15-29)51-47(53-48)30-16-8-5-9-17-30/h3-28,54-55H,2H2,1H3/b13-3-. The van der Waals surface area contributed by atoms with Crippen LogP contribution in [-0.2, 0) is 0 Å². The molecule has 7 heteroatoms. The van der Waals surface area contributed by atoms with Crippen molar-refractivity contribution in [2.24, 2.45) is 4.99 Å². The molecule has 0 saturated heterocycles. The zero-order chi connectivity index (χ0) is 37.5. The van der Waals surface area contributed by atoms with Gasteiger partial charge in [-0.25, -0.2) is 15.0 Å². The van der Waals surface area contributed by atoms with Gasteiger partial charge >= 0.3 is 0 Å². The predicted molar refractivity (Wildman–Crippen MR) is 225 cm³/mol. The van der Waals surface area contributed by atoms with Crippen molar-refractivity contribution in [3.63, 3.8) is 0 Å². The first kappa shape index (κ1) is 33.3. The fourth-order valence-electron chi connectivity index (χ4n) is 7.53. The Morgan fingerprint density at radius 2 is 1.07 bits per heavy atom. The average Bonchev–Trinajstić information content (AvgIpc) is 3.24. The van der Waals surface area contributed by atoms with E-state index < -0.39 is 0 Å². The van der Waals surface area contributed by atoms with Crippen LogP contribution in [0.15, 0.2) is 157 Å². The zero-order valence-corrected chi connectivity index (χ0v) is 29.8. The molecule has 7 nitrogen and oxygen atoms in total. The molecule has 2 aromatic heterocycles. The van der Waals surface area contributed by atoms with Crippen LogP contribution < -0.4 is 0 Å². The molecule has 0 radical (unpaired) electrons. The molecule has 0 atom stereocenters. The number of hydrogen-bond donors (Lipinski definition) is 2. The van der Waals surface area contributed by atoms with E-state index in [0.717, 1.165) is 71.4 Å². The molecule has 2 N–H and O–H groups in total. The quantitative estimate of drug-likeness (QED) is 0.126. The van der Waals surface area contributed by atoms with E-state index in [0.29, 0.717) is 28.7 Å². The summed E-state index contributed by atoms with van der Waals surface area (Å²) >= 11 is 0. The van der Waals surface area contributed by atoms with E-state index in [1.807, 2.05) is 116 Å². The molecule has 9 aromatic rings. The number of aliphatic imine (C=N–C) groups is 1. The highest BCUT2D eigenvalue weighted by Crippen LogP contribution is 2.49. The molecule has 0 fully saturated rings. The maximum Gasteiger partial charge on any atom is 0.164 e. The minimum Gasteiger partial charge on any atom is -0.506 e. The third-order valence-electron chi connectivity index (χ3n) is 9.96. The van der Waals surface area contributed by atoms with E-state index in [1.54, 1.807) is 18.3 Å². The van der Waals surface area contributed by atoms with Crippen LogP contribution in [0.2, 0.25) is 0 Å². The number of fused-ring (bicyclic) bond motifs is 3. The Morgan fingerprint density at radius 1 is 0.527 bits per heavy atom. The Kier molecular flexibility index (Phi) is 8.36. The Bertz CT molecular complexity index is 2920. The molecule has 55 heavy (non-hydrogen) atoms. The molecule has 7 aromatic carbocycles. The van der Waals surface area contributed by atoms with Gasteiger partial charge < -0.3 is 10.2 Å². The van der Waals surface area contributed by atoms with Crippen molar-refractivity contribution < 1.29 is 10.2 Å². The molecule has 0 amide bonds. The van der Waals surface area contributed by atoms with Crippen molar-refractivity contribution in [3.8, 4) is 67.9 Å². The fourth-order valence-corrected chi connectivity index (χ4v) is 7.53. The van der Waals surface area contributed by atoms with Gasteiger partial charge in [0, 0.05) is 33.8 Å². The largest absolute Gasteiger partial charge is 0.506 e. The van der Waals surface area contributed by atoms with Crippen LogP contribution in [0.4, 0.5) is 5.69 Å². The normalized spacial score (nSPS) is 11.5. The number of aromatic nitrogens is 4. The Hall–Kier alpha value is -7.51. The highest BCUT2D eigenvalue weighted by atomic mass is 16.3. The summed E-state index contributed by atoms with van der Waals surface area (Å²) in [5.41, 5.74) is 8.02. The lowest BCUT2D eigenvalue weighted by atomic mass is 9.83. The van der Waals surface area contributed by atoms with E-state index >= 15 is 0 Å². The van der Waals surface area contributed by atoms with Crippen molar-refractivity contribution in [1.82, 2.24) is 19.9 Å². The molecule has 0 unspecified atom stereocenters. The van der Waals surface area contributed by atoms with Gasteiger partial charge in [0.05, 0.1) is 0 Å². The Labute approximate surface area is 317 Å². The minimum atomic E-state index is 0.0490. The van der Waals surface area contributed by atoms with Gasteiger partial charge in [0.25, 0.3) is 0 Å². The van der Waals surface area contributed by atoms with Crippen LogP contribution in [0.3, 0.4) is 0 Å². The van der Waals surface area contributed by atoms with Crippen LogP contribution in [0.1, 0.15) is 12.5 Å². The summed E-state index contributed by atoms with van der Waals surface area (Å²) in [4.78, 5) is 23.9. The van der Waals surface area contributed by atoms with Gasteiger partial charge in [0.15, 0.2) is 17.5 Å². The predicted octanol–water partition coefficient (Wildman–Crippen LogP) is 11.8.